The van der Waals surface area contributed by atoms with Gasteiger partial charge in [-0.05, 0) is 32.8 Å². The molecule has 0 saturated carbocycles. The summed E-state index contributed by atoms with van der Waals surface area (Å²) in [7, 11) is 0. The van der Waals surface area contributed by atoms with Gasteiger partial charge in [-0.1, -0.05) is 13.0 Å². The van der Waals surface area contributed by atoms with Crippen LogP contribution in [0, 0.1) is 5.41 Å². The molecule has 0 spiro atoms. The minimum absolute atomic E-state index is 0.0719. The first-order valence-electron chi connectivity index (χ1n) is 5.60. The smallest absolute Gasteiger partial charge is 0.188 e. The van der Waals surface area contributed by atoms with Gasteiger partial charge in [0.25, 0.3) is 0 Å². The molecule has 2 aliphatic heterocycles. The van der Waals surface area contributed by atoms with E-state index in [1.807, 2.05) is 13.8 Å². The Balaban J connectivity index is 1.91. The maximum Gasteiger partial charge on any atom is 0.188 e. The van der Waals surface area contributed by atoms with Crippen molar-refractivity contribution in [1.82, 2.24) is 0 Å². The Hall–Kier alpha value is -0.380. The Morgan fingerprint density at radius 1 is 1.27 bits per heavy atom. The second-order valence-corrected chi connectivity index (χ2v) is 5.60. The molecule has 1 aliphatic carbocycles. The third-order valence-electron chi connectivity index (χ3n) is 3.85. The summed E-state index contributed by atoms with van der Waals surface area (Å²) in [6, 6.07) is 0. The van der Waals surface area contributed by atoms with E-state index in [9.17, 15) is 0 Å². The van der Waals surface area contributed by atoms with E-state index in [1.165, 1.54) is 5.57 Å². The molecule has 2 saturated heterocycles. The van der Waals surface area contributed by atoms with Crippen molar-refractivity contribution in [1.29, 1.82) is 0 Å². The van der Waals surface area contributed by atoms with Crippen molar-refractivity contribution >= 4 is 0 Å². The quantitative estimate of drug-likeness (QED) is 0.574. The van der Waals surface area contributed by atoms with Crippen molar-refractivity contribution < 1.29 is 14.2 Å². The standard InChI is InChI=1S/C12H18O3/c1-7-5-6-12(4)8(7)13-10-9(12)14-11(2,3)15-10/h5,8-10H,6H2,1-4H3/t8-,9+,10-,12+/m1/s1. The van der Waals surface area contributed by atoms with E-state index in [0.717, 1.165) is 6.42 Å². The van der Waals surface area contributed by atoms with Gasteiger partial charge in [-0.15, -0.1) is 0 Å². The van der Waals surface area contributed by atoms with Gasteiger partial charge in [-0.2, -0.15) is 0 Å². The van der Waals surface area contributed by atoms with Crippen LogP contribution in [-0.2, 0) is 14.2 Å². The zero-order valence-corrected chi connectivity index (χ0v) is 9.74. The van der Waals surface area contributed by atoms with Crippen LogP contribution in [0.1, 0.15) is 34.1 Å². The molecule has 0 amide bonds. The summed E-state index contributed by atoms with van der Waals surface area (Å²) < 4.78 is 17.7. The summed E-state index contributed by atoms with van der Waals surface area (Å²) in [5, 5.41) is 0. The molecule has 3 rings (SSSR count). The van der Waals surface area contributed by atoms with Crippen LogP contribution in [0.3, 0.4) is 0 Å². The van der Waals surface area contributed by atoms with Gasteiger partial charge in [0, 0.05) is 5.41 Å². The lowest BCUT2D eigenvalue weighted by molar-refractivity contribution is -0.211. The highest BCUT2D eigenvalue weighted by Crippen LogP contribution is 2.54. The van der Waals surface area contributed by atoms with Crippen molar-refractivity contribution in [2.45, 2.75) is 58.4 Å². The lowest BCUT2D eigenvalue weighted by atomic mass is 9.81. The Morgan fingerprint density at radius 3 is 2.73 bits per heavy atom. The highest BCUT2D eigenvalue weighted by molar-refractivity contribution is 5.24. The predicted octanol–water partition coefficient (Wildman–Crippen LogP) is 2.22. The van der Waals surface area contributed by atoms with E-state index < -0.39 is 5.79 Å². The van der Waals surface area contributed by atoms with Crippen molar-refractivity contribution in [3.05, 3.63) is 11.6 Å². The van der Waals surface area contributed by atoms with Crippen LogP contribution in [0.4, 0.5) is 0 Å². The summed E-state index contributed by atoms with van der Waals surface area (Å²) in [5.74, 6) is -0.500. The number of ether oxygens (including phenoxy) is 3. The van der Waals surface area contributed by atoms with Gasteiger partial charge in [-0.25, -0.2) is 0 Å². The summed E-state index contributed by atoms with van der Waals surface area (Å²) in [6.07, 6.45) is 3.37. The summed E-state index contributed by atoms with van der Waals surface area (Å²) in [6.45, 7) is 8.26. The molecular formula is C12H18O3. The van der Waals surface area contributed by atoms with Gasteiger partial charge in [0.2, 0.25) is 0 Å². The highest BCUT2D eigenvalue weighted by Gasteiger charge is 2.62. The molecule has 15 heavy (non-hydrogen) atoms. The molecule has 84 valence electrons. The molecule has 0 aromatic rings. The van der Waals surface area contributed by atoms with Crippen LogP contribution >= 0.6 is 0 Å². The molecule has 4 atom stereocenters. The van der Waals surface area contributed by atoms with Crippen LogP contribution in [0.2, 0.25) is 0 Å². The first-order valence-corrected chi connectivity index (χ1v) is 5.60. The monoisotopic (exact) mass is 210 g/mol. The average Bonchev–Trinajstić information content (AvgIpc) is 2.65. The lowest BCUT2D eigenvalue weighted by Crippen LogP contribution is -2.37. The third-order valence-corrected chi connectivity index (χ3v) is 3.85. The first kappa shape index (κ1) is 9.82. The Labute approximate surface area is 90.4 Å². The normalized spacial score (nSPS) is 51.5. The van der Waals surface area contributed by atoms with Crippen molar-refractivity contribution in [2.75, 3.05) is 0 Å². The Morgan fingerprint density at radius 2 is 2.00 bits per heavy atom. The number of fused-ring (bicyclic) bond motifs is 3. The third kappa shape index (κ3) is 1.17. The molecule has 0 aromatic carbocycles. The Kier molecular flexibility index (Phi) is 1.73. The number of allylic oxidation sites excluding steroid dienone is 1. The van der Waals surface area contributed by atoms with Crippen LogP contribution in [0.15, 0.2) is 11.6 Å². The molecule has 0 radical (unpaired) electrons. The fraction of sp³-hybridized carbons (Fsp3) is 0.833. The zero-order valence-electron chi connectivity index (χ0n) is 9.74. The maximum atomic E-state index is 5.96. The van der Waals surface area contributed by atoms with Crippen LogP contribution in [0.25, 0.3) is 0 Å². The van der Waals surface area contributed by atoms with E-state index >= 15 is 0 Å². The van der Waals surface area contributed by atoms with Crippen LogP contribution in [-0.4, -0.2) is 24.3 Å². The summed E-state index contributed by atoms with van der Waals surface area (Å²) >= 11 is 0. The Bertz CT molecular complexity index is 334. The lowest BCUT2D eigenvalue weighted by Gasteiger charge is -2.30. The predicted molar refractivity (Wildman–Crippen MR) is 55.2 cm³/mol. The van der Waals surface area contributed by atoms with E-state index in [-0.39, 0.29) is 23.9 Å². The number of hydrogen-bond acceptors (Lipinski definition) is 3. The summed E-state index contributed by atoms with van der Waals surface area (Å²) in [4.78, 5) is 0. The average molecular weight is 210 g/mol. The molecule has 0 N–H and O–H groups in total. The molecular weight excluding hydrogens is 192 g/mol. The topological polar surface area (TPSA) is 27.7 Å². The maximum absolute atomic E-state index is 5.96. The second-order valence-electron chi connectivity index (χ2n) is 5.60. The minimum atomic E-state index is -0.500. The van der Waals surface area contributed by atoms with E-state index in [2.05, 4.69) is 19.9 Å². The van der Waals surface area contributed by atoms with Gasteiger partial charge >= 0.3 is 0 Å². The molecule has 3 nitrogen and oxygen atoms in total. The van der Waals surface area contributed by atoms with Gasteiger partial charge in [-0.3, -0.25) is 0 Å². The molecule has 0 aromatic heterocycles. The van der Waals surface area contributed by atoms with Crippen LogP contribution < -0.4 is 0 Å². The van der Waals surface area contributed by atoms with Gasteiger partial charge in [0.15, 0.2) is 12.1 Å². The van der Waals surface area contributed by atoms with E-state index in [0.29, 0.717) is 0 Å². The summed E-state index contributed by atoms with van der Waals surface area (Å²) in [5.41, 5.74) is 1.39. The SMILES string of the molecule is CC1=CC[C@@]2(C)[C@@H]1O[C@@H]1OC(C)(C)O[C@@H]12. The van der Waals surface area contributed by atoms with Crippen molar-refractivity contribution in [3.8, 4) is 0 Å². The molecule has 0 unspecified atom stereocenters. The molecule has 3 heteroatoms. The fourth-order valence-electron chi connectivity index (χ4n) is 3.05. The zero-order chi connectivity index (χ0) is 10.8. The van der Waals surface area contributed by atoms with Gasteiger partial charge in [0.1, 0.15) is 6.10 Å². The molecule has 3 aliphatic rings. The minimum Gasteiger partial charge on any atom is -0.341 e. The molecule has 2 heterocycles. The van der Waals surface area contributed by atoms with E-state index in [1.54, 1.807) is 0 Å². The van der Waals surface area contributed by atoms with Crippen LogP contribution in [0.5, 0.6) is 0 Å². The largest absolute Gasteiger partial charge is 0.341 e. The van der Waals surface area contributed by atoms with E-state index in [4.69, 9.17) is 14.2 Å². The first-order chi connectivity index (χ1) is 6.92. The highest BCUT2D eigenvalue weighted by atomic mass is 16.8. The van der Waals surface area contributed by atoms with Gasteiger partial charge in [0.05, 0.1) is 6.10 Å². The van der Waals surface area contributed by atoms with Gasteiger partial charge < -0.3 is 14.2 Å². The molecule has 2 fully saturated rings. The van der Waals surface area contributed by atoms with Crippen molar-refractivity contribution in [2.24, 2.45) is 5.41 Å². The fourth-order valence-corrected chi connectivity index (χ4v) is 3.05. The van der Waals surface area contributed by atoms with Crippen molar-refractivity contribution in [3.63, 3.8) is 0 Å². The second kappa shape index (κ2) is 2.65. The molecule has 0 bridgehead atoms. The number of hydrogen-bond donors (Lipinski definition) is 0. The number of rotatable bonds is 0.